The minimum absolute atomic E-state index is 0. The minimum atomic E-state index is -4.01. The van der Waals surface area contributed by atoms with Crippen molar-refractivity contribution in [2.45, 2.75) is 18.7 Å². The molecule has 1 heterocycles. The monoisotopic (exact) mass is 219 g/mol. The molecule has 0 aliphatic heterocycles. The first-order valence-corrected chi connectivity index (χ1v) is 5.48. The Morgan fingerprint density at radius 2 is 1.79 bits per heavy atom. The first-order valence-electron chi connectivity index (χ1n) is 3.97. The van der Waals surface area contributed by atoms with Crippen LogP contribution in [-0.2, 0) is 10.1 Å². The Morgan fingerprint density at radius 3 is 2.14 bits per heavy atom. The molecular formula is C8H13NO4S. The third kappa shape index (κ3) is 3.06. The number of hydrogen-bond acceptors (Lipinski definition) is 3. The standard InChI is InChI=1S/C8H11NO3S.H2O/c1-2-8(13(10,11)12)9-6-4-3-5-7-9;/h3-8H,2H2,1H3;1H2. The molecular weight excluding hydrogens is 206 g/mol. The molecule has 1 aromatic rings. The van der Waals surface area contributed by atoms with Crippen molar-refractivity contribution in [2.75, 3.05) is 0 Å². The van der Waals surface area contributed by atoms with Gasteiger partial charge in [-0.05, 0) is 0 Å². The van der Waals surface area contributed by atoms with Gasteiger partial charge in [-0.1, -0.05) is 13.0 Å². The summed E-state index contributed by atoms with van der Waals surface area (Å²) in [5.41, 5.74) is 0. The molecule has 0 aliphatic rings. The third-order valence-corrected chi connectivity index (χ3v) is 3.03. The van der Waals surface area contributed by atoms with Crippen LogP contribution in [0.15, 0.2) is 30.6 Å². The molecule has 0 amide bonds. The SMILES string of the molecule is CCC([n+]1ccccc1)S(=O)(=O)O.[OH-]. The maximum atomic E-state index is 10.9. The van der Waals surface area contributed by atoms with Crippen molar-refractivity contribution in [3.8, 4) is 0 Å². The molecule has 2 N–H and O–H groups in total. The van der Waals surface area contributed by atoms with Crippen LogP contribution in [0, 0.1) is 0 Å². The highest BCUT2D eigenvalue weighted by Crippen LogP contribution is 2.08. The normalized spacial score (nSPS) is 13.0. The van der Waals surface area contributed by atoms with Crippen molar-refractivity contribution in [3.63, 3.8) is 0 Å². The Morgan fingerprint density at radius 1 is 1.29 bits per heavy atom. The van der Waals surface area contributed by atoms with Gasteiger partial charge in [-0.2, -0.15) is 13.0 Å². The second-order valence-corrected chi connectivity index (χ2v) is 4.27. The fraction of sp³-hybridized carbons (Fsp3) is 0.375. The van der Waals surface area contributed by atoms with Gasteiger partial charge in [-0.25, -0.2) is 0 Å². The van der Waals surface area contributed by atoms with Crippen LogP contribution in [0.2, 0.25) is 0 Å². The molecule has 0 spiro atoms. The molecule has 0 saturated carbocycles. The van der Waals surface area contributed by atoms with Crippen LogP contribution in [0.4, 0.5) is 0 Å². The van der Waals surface area contributed by atoms with Crippen molar-refractivity contribution in [3.05, 3.63) is 30.6 Å². The van der Waals surface area contributed by atoms with Crippen molar-refractivity contribution in [2.24, 2.45) is 0 Å². The molecule has 1 aromatic heterocycles. The summed E-state index contributed by atoms with van der Waals surface area (Å²) >= 11 is 0. The Balaban J connectivity index is 0.00000169. The first-order chi connectivity index (χ1) is 6.05. The van der Waals surface area contributed by atoms with Gasteiger partial charge in [0.15, 0.2) is 12.4 Å². The summed E-state index contributed by atoms with van der Waals surface area (Å²) in [5.74, 6) is 0. The van der Waals surface area contributed by atoms with E-state index in [1.807, 2.05) is 0 Å². The van der Waals surface area contributed by atoms with Gasteiger partial charge >= 0.3 is 10.1 Å². The van der Waals surface area contributed by atoms with Gasteiger partial charge in [0, 0.05) is 18.6 Å². The van der Waals surface area contributed by atoms with E-state index in [1.54, 1.807) is 37.5 Å². The lowest BCUT2D eigenvalue weighted by atomic mass is 10.4. The maximum Gasteiger partial charge on any atom is 0.329 e. The van der Waals surface area contributed by atoms with E-state index >= 15 is 0 Å². The van der Waals surface area contributed by atoms with Crippen LogP contribution in [0.1, 0.15) is 18.7 Å². The van der Waals surface area contributed by atoms with Gasteiger partial charge in [0.25, 0.3) is 5.37 Å². The molecule has 0 radical (unpaired) electrons. The van der Waals surface area contributed by atoms with E-state index in [-0.39, 0.29) is 5.48 Å². The minimum Gasteiger partial charge on any atom is -0.870 e. The summed E-state index contributed by atoms with van der Waals surface area (Å²) in [6.07, 6.45) is 3.57. The number of hydrogen-bond donors (Lipinski definition) is 1. The fourth-order valence-corrected chi connectivity index (χ4v) is 2.05. The van der Waals surface area contributed by atoms with Gasteiger partial charge in [-0.3, -0.25) is 4.55 Å². The zero-order chi connectivity index (χ0) is 9.90. The predicted molar refractivity (Wildman–Crippen MR) is 49.4 cm³/mol. The van der Waals surface area contributed by atoms with E-state index in [0.717, 1.165) is 0 Å². The average Bonchev–Trinajstić information content (AvgIpc) is 2.05. The third-order valence-electron chi connectivity index (χ3n) is 1.76. The molecule has 1 atom stereocenters. The number of aromatic nitrogens is 1. The van der Waals surface area contributed by atoms with E-state index in [9.17, 15) is 8.42 Å². The van der Waals surface area contributed by atoms with Crippen LogP contribution in [0.3, 0.4) is 0 Å². The van der Waals surface area contributed by atoms with Gasteiger partial charge in [0.1, 0.15) is 0 Å². The summed E-state index contributed by atoms with van der Waals surface area (Å²) in [7, 11) is -4.01. The number of nitrogens with zero attached hydrogens (tertiary/aromatic N) is 1. The lowest BCUT2D eigenvalue weighted by Crippen LogP contribution is -2.42. The quantitative estimate of drug-likeness (QED) is 0.595. The predicted octanol–water partition coefficient (Wildman–Crippen LogP) is 0.594. The van der Waals surface area contributed by atoms with Crippen LogP contribution in [0.25, 0.3) is 0 Å². The molecule has 6 heteroatoms. The molecule has 0 aliphatic carbocycles. The number of rotatable bonds is 3. The van der Waals surface area contributed by atoms with Crippen molar-refractivity contribution < 1.29 is 23.0 Å². The highest BCUT2D eigenvalue weighted by Gasteiger charge is 2.29. The molecule has 1 rings (SSSR count). The zero-order valence-electron chi connectivity index (χ0n) is 7.74. The second-order valence-electron chi connectivity index (χ2n) is 2.70. The lowest BCUT2D eigenvalue weighted by Gasteiger charge is -2.05. The first kappa shape index (κ1) is 13.0. The van der Waals surface area contributed by atoms with Crippen molar-refractivity contribution in [1.82, 2.24) is 0 Å². The Kier molecular flexibility index (Phi) is 4.69. The van der Waals surface area contributed by atoms with Crippen molar-refractivity contribution >= 4 is 10.1 Å². The molecule has 14 heavy (non-hydrogen) atoms. The summed E-state index contributed by atoms with van der Waals surface area (Å²) in [5, 5.41) is -0.881. The summed E-state index contributed by atoms with van der Waals surface area (Å²) in [6.45, 7) is 1.71. The molecule has 0 fully saturated rings. The molecule has 0 aromatic carbocycles. The summed E-state index contributed by atoms with van der Waals surface area (Å²) in [4.78, 5) is 0. The average molecular weight is 219 g/mol. The zero-order valence-corrected chi connectivity index (χ0v) is 8.55. The van der Waals surface area contributed by atoms with Crippen LogP contribution >= 0.6 is 0 Å². The molecule has 0 saturated heterocycles. The fourth-order valence-electron chi connectivity index (χ4n) is 1.18. The second kappa shape index (κ2) is 5.04. The molecule has 80 valence electrons. The summed E-state index contributed by atoms with van der Waals surface area (Å²) in [6, 6.07) is 5.22. The molecule has 5 nitrogen and oxygen atoms in total. The van der Waals surface area contributed by atoms with Gasteiger partial charge in [0.2, 0.25) is 0 Å². The highest BCUT2D eigenvalue weighted by atomic mass is 32.2. The Labute approximate surface area is 83.1 Å². The largest absolute Gasteiger partial charge is 0.870 e. The van der Waals surface area contributed by atoms with Gasteiger partial charge in [-0.15, -0.1) is 0 Å². The summed E-state index contributed by atoms with van der Waals surface area (Å²) < 4.78 is 32.1. The Bertz CT molecular complexity index is 362. The van der Waals surface area contributed by atoms with Crippen LogP contribution < -0.4 is 4.57 Å². The smallest absolute Gasteiger partial charge is 0.329 e. The topological polar surface area (TPSA) is 88.2 Å². The van der Waals surface area contributed by atoms with E-state index in [4.69, 9.17) is 4.55 Å². The Hall–Kier alpha value is -0.980. The van der Waals surface area contributed by atoms with Crippen molar-refractivity contribution in [1.29, 1.82) is 0 Å². The lowest BCUT2D eigenvalue weighted by molar-refractivity contribution is -0.702. The van der Waals surface area contributed by atoms with E-state index in [0.29, 0.717) is 6.42 Å². The van der Waals surface area contributed by atoms with E-state index < -0.39 is 15.5 Å². The van der Waals surface area contributed by atoms with Crippen LogP contribution in [-0.4, -0.2) is 18.4 Å². The maximum absolute atomic E-state index is 10.9. The van der Waals surface area contributed by atoms with Gasteiger partial charge in [0.05, 0.1) is 0 Å². The molecule has 0 bridgehead atoms. The van der Waals surface area contributed by atoms with Gasteiger partial charge < -0.3 is 5.48 Å². The van der Waals surface area contributed by atoms with E-state index in [1.165, 1.54) is 4.57 Å². The number of pyridine rings is 1. The van der Waals surface area contributed by atoms with E-state index in [2.05, 4.69) is 0 Å². The van der Waals surface area contributed by atoms with Crippen LogP contribution in [0.5, 0.6) is 0 Å². The molecule has 1 unspecified atom stereocenters. The highest BCUT2D eigenvalue weighted by molar-refractivity contribution is 7.85.